The second-order valence-electron chi connectivity index (χ2n) is 3.43. The molecule has 80 valence electrons. The van der Waals surface area contributed by atoms with Crippen LogP contribution in [-0.2, 0) is 4.79 Å². The van der Waals surface area contributed by atoms with Crippen molar-refractivity contribution in [2.24, 2.45) is 0 Å². The van der Waals surface area contributed by atoms with Gasteiger partial charge in [0.25, 0.3) is 0 Å². The first kappa shape index (κ1) is 10.0. The highest BCUT2D eigenvalue weighted by molar-refractivity contribution is 5.96. The number of halogens is 2. The van der Waals surface area contributed by atoms with Crippen molar-refractivity contribution in [3.63, 3.8) is 0 Å². The molecule has 0 radical (unpaired) electrons. The molecule has 0 spiro atoms. The highest BCUT2D eigenvalue weighted by Crippen LogP contribution is 2.27. The fourth-order valence-corrected chi connectivity index (χ4v) is 1.65. The molecule has 1 aromatic carbocycles. The van der Waals surface area contributed by atoms with Crippen LogP contribution in [0.25, 0.3) is 0 Å². The van der Waals surface area contributed by atoms with Gasteiger partial charge in [-0.25, -0.2) is 8.78 Å². The molecule has 15 heavy (non-hydrogen) atoms. The zero-order valence-corrected chi connectivity index (χ0v) is 7.78. The number of nitrogens with zero attached hydrogens (tertiary/aromatic N) is 1. The first-order chi connectivity index (χ1) is 7.09. The highest BCUT2D eigenvalue weighted by atomic mass is 19.1. The number of hydrogen-bond donors (Lipinski definition) is 1. The average Bonchev–Trinajstić information content (AvgIpc) is 2.45. The summed E-state index contributed by atoms with van der Waals surface area (Å²) >= 11 is 0. The molecule has 1 fully saturated rings. The van der Waals surface area contributed by atoms with Crippen LogP contribution in [-0.4, -0.2) is 23.7 Å². The van der Waals surface area contributed by atoms with Crippen LogP contribution < -0.4 is 4.90 Å². The van der Waals surface area contributed by atoms with Gasteiger partial charge >= 0.3 is 0 Å². The van der Waals surface area contributed by atoms with Gasteiger partial charge in [-0.05, 0) is 12.1 Å². The van der Waals surface area contributed by atoms with E-state index in [9.17, 15) is 18.7 Å². The van der Waals surface area contributed by atoms with E-state index in [1.165, 1.54) is 6.07 Å². The lowest BCUT2D eigenvalue weighted by Gasteiger charge is -2.17. The Morgan fingerprint density at radius 3 is 2.40 bits per heavy atom. The highest BCUT2D eigenvalue weighted by Gasteiger charge is 2.32. The number of carbonyl (C=O) groups excluding carboxylic acids is 1. The number of aliphatic hydroxyl groups excluding tert-OH is 1. The van der Waals surface area contributed by atoms with Crippen molar-refractivity contribution in [1.29, 1.82) is 0 Å². The topological polar surface area (TPSA) is 40.5 Å². The zero-order chi connectivity index (χ0) is 11.0. The second kappa shape index (κ2) is 3.58. The molecule has 1 aliphatic heterocycles. The number of rotatable bonds is 1. The molecule has 0 bridgehead atoms. The summed E-state index contributed by atoms with van der Waals surface area (Å²) in [5, 5.41) is 9.21. The van der Waals surface area contributed by atoms with Crippen LogP contribution >= 0.6 is 0 Å². The smallest absolute Gasteiger partial charge is 0.229 e. The van der Waals surface area contributed by atoms with Gasteiger partial charge in [0.15, 0.2) is 0 Å². The van der Waals surface area contributed by atoms with E-state index in [-0.39, 0.29) is 18.7 Å². The minimum atomic E-state index is -0.850. The Morgan fingerprint density at radius 2 is 1.93 bits per heavy atom. The van der Waals surface area contributed by atoms with Crippen molar-refractivity contribution < 1.29 is 18.7 Å². The fourth-order valence-electron chi connectivity index (χ4n) is 1.65. The molecule has 1 heterocycles. The van der Waals surface area contributed by atoms with Crippen LogP contribution in [0.3, 0.4) is 0 Å². The predicted molar refractivity (Wildman–Crippen MR) is 49.3 cm³/mol. The summed E-state index contributed by atoms with van der Waals surface area (Å²) in [7, 11) is 0. The minimum absolute atomic E-state index is 0.0588. The molecule has 1 unspecified atom stereocenters. The van der Waals surface area contributed by atoms with Crippen LogP contribution in [0.2, 0.25) is 0 Å². The Morgan fingerprint density at radius 1 is 1.33 bits per heavy atom. The van der Waals surface area contributed by atoms with Crippen molar-refractivity contribution in [2.75, 3.05) is 11.4 Å². The molecule has 1 amide bonds. The normalized spacial score (nSPS) is 21.1. The molecule has 0 aliphatic carbocycles. The third-order valence-corrected chi connectivity index (χ3v) is 2.31. The van der Waals surface area contributed by atoms with Gasteiger partial charge in [-0.15, -0.1) is 0 Å². The lowest BCUT2D eigenvalue weighted by atomic mass is 10.2. The van der Waals surface area contributed by atoms with Crippen molar-refractivity contribution >= 4 is 11.6 Å². The molecular weight excluding hydrogens is 204 g/mol. The molecule has 3 nitrogen and oxygen atoms in total. The summed E-state index contributed by atoms with van der Waals surface area (Å²) < 4.78 is 26.6. The Hall–Kier alpha value is -1.49. The summed E-state index contributed by atoms with van der Waals surface area (Å²) in [6, 6.07) is 3.39. The Kier molecular flexibility index (Phi) is 2.40. The molecule has 5 heteroatoms. The lowest BCUT2D eigenvalue weighted by Crippen LogP contribution is -2.27. The summed E-state index contributed by atoms with van der Waals surface area (Å²) in [5.74, 6) is -2.05. The van der Waals surface area contributed by atoms with Crippen LogP contribution in [0.5, 0.6) is 0 Å². The van der Waals surface area contributed by atoms with E-state index in [4.69, 9.17) is 0 Å². The lowest BCUT2D eigenvalue weighted by molar-refractivity contribution is -0.117. The summed E-state index contributed by atoms with van der Waals surface area (Å²) in [4.78, 5) is 12.3. The number of para-hydroxylation sites is 1. The van der Waals surface area contributed by atoms with E-state index in [1.54, 1.807) is 0 Å². The van der Waals surface area contributed by atoms with E-state index in [0.29, 0.717) is 0 Å². The first-order valence-corrected chi connectivity index (χ1v) is 4.52. The molecular formula is C10H9F2NO2. The summed E-state index contributed by atoms with van der Waals surface area (Å²) in [6.07, 6.45) is -0.940. The number of aliphatic hydroxyl groups is 1. The Balaban J connectivity index is 2.41. The number of anilines is 1. The van der Waals surface area contributed by atoms with Gasteiger partial charge in [-0.2, -0.15) is 0 Å². The third kappa shape index (κ3) is 1.70. The number of benzene rings is 1. The maximum Gasteiger partial charge on any atom is 0.229 e. The molecule has 1 aromatic rings. The number of β-amino-alcohol motifs (C(OH)–C–C–N with tert-alkyl or cyclic N) is 1. The molecule has 1 atom stereocenters. The van der Waals surface area contributed by atoms with E-state index < -0.39 is 23.6 Å². The molecule has 1 aliphatic rings. The summed E-state index contributed by atoms with van der Waals surface area (Å²) in [6.45, 7) is -0.0588. The fraction of sp³-hybridized carbons (Fsp3) is 0.300. The van der Waals surface area contributed by atoms with Crippen molar-refractivity contribution in [1.82, 2.24) is 0 Å². The van der Waals surface area contributed by atoms with Crippen molar-refractivity contribution in [2.45, 2.75) is 12.5 Å². The second-order valence-corrected chi connectivity index (χ2v) is 3.43. The van der Waals surface area contributed by atoms with Crippen LogP contribution in [0.4, 0.5) is 14.5 Å². The number of hydrogen-bond acceptors (Lipinski definition) is 2. The van der Waals surface area contributed by atoms with E-state index in [1.807, 2.05) is 0 Å². The largest absolute Gasteiger partial charge is 0.391 e. The summed E-state index contributed by atoms with van der Waals surface area (Å²) in [5.41, 5.74) is -0.376. The van der Waals surface area contributed by atoms with Crippen LogP contribution in [0, 0.1) is 11.6 Å². The van der Waals surface area contributed by atoms with Gasteiger partial charge in [0.05, 0.1) is 19.1 Å². The van der Waals surface area contributed by atoms with Crippen LogP contribution in [0.15, 0.2) is 18.2 Å². The van der Waals surface area contributed by atoms with Gasteiger partial charge < -0.3 is 10.0 Å². The van der Waals surface area contributed by atoms with E-state index >= 15 is 0 Å². The number of carbonyl (C=O) groups is 1. The maximum absolute atomic E-state index is 13.3. The zero-order valence-electron chi connectivity index (χ0n) is 7.78. The minimum Gasteiger partial charge on any atom is -0.391 e. The SMILES string of the molecule is O=C1CC(O)CN1c1c(F)cccc1F. The molecule has 0 aromatic heterocycles. The molecule has 1 N–H and O–H groups in total. The average molecular weight is 213 g/mol. The maximum atomic E-state index is 13.3. The standard InChI is InChI=1S/C10H9F2NO2/c11-7-2-1-3-8(12)10(7)13-5-6(14)4-9(13)15/h1-3,6,14H,4-5H2. The van der Waals surface area contributed by atoms with Gasteiger partial charge in [0, 0.05) is 0 Å². The van der Waals surface area contributed by atoms with E-state index in [2.05, 4.69) is 0 Å². The van der Waals surface area contributed by atoms with Gasteiger partial charge in [-0.3, -0.25) is 4.79 Å². The molecule has 1 saturated heterocycles. The monoisotopic (exact) mass is 213 g/mol. The van der Waals surface area contributed by atoms with Crippen molar-refractivity contribution in [3.05, 3.63) is 29.8 Å². The van der Waals surface area contributed by atoms with Gasteiger partial charge in [0.2, 0.25) is 5.91 Å². The van der Waals surface area contributed by atoms with Gasteiger partial charge in [0.1, 0.15) is 17.3 Å². The Bertz CT molecular complexity index is 388. The predicted octanol–water partition coefficient (Wildman–Crippen LogP) is 1.06. The van der Waals surface area contributed by atoms with Crippen LogP contribution in [0.1, 0.15) is 6.42 Å². The first-order valence-electron chi connectivity index (χ1n) is 4.52. The molecule has 0 saturated carbocycles. The van der Waals surface area contributed by atoms with Gasteiger partial charge in [-0.1, -0.05) is 6.07 Å². The van der Waals surface area contributed by atoms with E-state index in [0.717, 1.165) is 17.0 Å². The Labute approximate surface area is 84.9 Å². The number of amides is 1. The molecule has 2 rings (SSSR count). The quantitative estimate of drug-likeness (QED) is 0.757. The third-order valence-electron chi connectivity index (χ3n) is 2.31. The van der Waals surface area contributed by atoms with Crippen molar-refractivity contribution in [3.8, 4) is 0 Å².